The van der Waals surface area contributed by atoms with E-state index in [1.807, 2.05) is 6.92 Å². The number of carbonyl (C=O) groups excluding carboxylic acids is 2. The predicted molar refractivity (Wildman–Crippen MR) is 128 cm³/mol. The van der Waals surface area contributed by atoms with Crippen LogP contribution in [-0.4, -0.2) is 63.4 Å². The number of rotatable bonds is 8. The highest BCUT2D eigenvalue weighted by Crippen LogP contribution is 2.26. The van der Waals surface area contributed by atoms with Gasteiger partial charge in [-0.2, -0.15) is 4.31 Å². The molecule has 0 radical (unpaired) electrons. The molecule has 0 aliphatic carbocycles. The molecule has 0 spiro atoms. The molecule has 1 aliphatic rings. The van der Waals surface area contributed by atoms with E-state index in [1.54, 1.807) is 54.3 Å². The van der Waals surface area contributed by atoms with Crippen molar-refractivity contribution in [3.63, 3.8) is 0 Å². The number of amides is 1. The molecule has 1 saturated heterocycles. The number of hydrogen-bond donors (Lipinski definition) is 0. The number of aryl methyl sites for hydroxylation is 1. The van der Waals surface area contributed by atoms with Gasteiger partial charge in [-0.1, -0.05) is 17.7 Å². The Bertz CT molecular complexity index is 1120. The molecule has 0 N–H and O–H groups in total. The Morgan fingerprint density at radius 3 is 2.32 bits per heavy atom. The summed E-state index contributed by atoms with van der Waals surface area (Å²) in [7, 11) is -0.701. The number of esters is 1. The molecule has 0 saturated carbocycles. The lowest BCUT2D eigenvalue weighted by molar-refractivity contribution is -0.149. The first-order valence-corrected chi connectivity index (χ1v) is 12.8. The maximum absolute atomic E-state index is 13.1. The summed E-state index contributed by atoms with van der Waals surface area (Å²) in [5, 5.41) is 0. The van der Waals surface area contributed by atoms with Gasteiger partial charge in [-0.25, -0.2) is 8.42 Å². The van der Waals surface area contributed by atoms with Crippen LogP contribution < -0.4 is 4.74 Å². The van der Waals surface area contributed by atoms with E-state index >= 15 is 0 Å². The van der Waals surface area contributed by atoms with Crippen molar-refractivity contribution in [1.82, 2.24) is 9.21 Å². The maximum atomic E-state index is 13.1. The monoisotopic (exact) mass is 488 g/mol. The minimum Gasteiger partial charge on any atom is -0.496 e. The first-order valence-electron chi connectivity index (χ1n) is 11.3. The van der Waals surface area contributed by atoms with Crippen LogP contribution in [0.15, 0.2) is 47.4 Å². The normalized spacial score (nSPS) is 14.8. The number of nitrogens with zero attached hydrogens (tertiary/aromatic N) is 2. The number of ether oxygens (including phenoxy) is 2. The van der Waals surface area contributed by atoms with Crippen molar-refractivity contribution in [3.8, 4) is 5.75 Å². The molecule has 0 aromatic heterocycles. The molecule has 2 aromatic carbocycles. The van der Waals surface area contributed by atoms with Crippen LogP contribution in [-0.2, 0) is 26.1 Å². The van der Waals surface area contributed by atoms with Crippen LogP contribution in [0.5, 0.6) is 5.75 Å². The second kappa shape index (κ2) is 11.0. The molecule has 1 amide bonds. The third-order valence-electron chi connectivity index (χ3n) is 6.05. The lowest BCUT2D eigenvalue weighted by atomic mass is 9.96. The zero-order chi connectivity index (χ0) is 24.9. The molecule has 8 nitrogen and oxygen atoms in total. The van der Waals surface area contributed by atoms with Crippen LogP contribution in [0.2, 0.25) is 0 Å². The number of piperidine rings is 1. The van der Waals surface area contributed by atoms with E-state index in [0.717, 1.165) is 5.56 Å². The first-order chi connectivity index (χ1) is 16.2. The molecule has 2 aromatic rings. The number of carbonyl (C=O) groups is 2. The van der Waals surface area contributed by atoms with Gasteiger partial charge in [0.15, 0.2) is 0 Å². The number of benzene rings is 2. The van der Waals surface area contributed by atoms with E-state index in [2.05, 4.69) is 0 Å². The minimum atomic E-state index is -3.71. The van der Waals surface area contributed by atoms with Gasteiger partial charge in [0.1, 0.15) is 5.75 Å². The largest absolute Gasteiger partial charge is 0.496 e. The van der Waals surface area contributed by atoms with Gasteiger partial charge in [-0.05, 0) is 57.0 Å². The second-order valence-corrected chi connectivity index (χ2v) is 10.5. The quantitative estimate of drug-likeness (QED) is 0.530. The van der Waals surface area contributed by atoms with Crippen molar-refractivity contribution < 1.29 is 27.5 Å². The third kappa shape index (κ3) is 5.77. The number of sulfonamides is 1. The van der Waals surface area contributed by atoms with Gasteiger partial charge in [0, 0.05) is 37.8 Å². The summed E-state index contributed by atoms with van der Waals surface area (Å²) >= 11 is 0. The summed E-state index contributed by atoms with van der Waals surface area (Å²) in [6, 6.07) is 11.7. The van der Waals surface area contributed by atoms with E-state index in [-0.39, 0.29) is 29.2 Å². The fourth-order valence-corrected chi connectivity index (χ4v) is 5.16. The molecular formula is C25H32N2O6S. The zero-order valence-electron chi connectivity index (χ0n) is 20.1. The van der Waals surface area contributed by atoms with E-state index in [0.29, 0.717) is 49.4 Å². The fourth-order valence-electron chi connectivity index (χ4n) is 4.01. The maximum Gasteiger partial charge on any atom is 0.309 e. The van der Waals surface area contributed by atoms with Crippen LogP contribution in [0.25, 0.3) is 0 Å². The third-order valence-corrected chi connectivity index (χ3v) is 7.87. The van der Waals surface area contributed by atoms with Gasteiger partial charge in [0.05, 0.1) is 24.5 Å². The topological polar surface area (TPSA) is 93.2 Å². The van der Waals surface area contributed by atoms with Crippen molar-refractivity contribution >= 4 is 21.9 Å². The Balaban J connectivity index is 1.75. The SMILES string of the molecule is CCOC(=O)C1CCN(C(=O)c2ccc(OC)c(CN(C)S(=O)(=O)c3ccc(C)cc3)c2)CC1. The average Bonchev–Trinajstić information content (AvgIpc) is 2.84. The van der Waals surface area contributed by atoms with E-state index in [9.17, 15) is 18.0 Å². The number of likely N-dealkylation sites (tertiary alicyclic amines) is 1. The van der Waals surface area contributed by atoms with E-state index < -0.39 is 10.0 Å². The summed E-state index contributed by atoms with van der Waals surface area (Å²) in [6.45, 7) is 5.00. The van der Waals surface area contributed by atoms with Crippen molar-refractivity contribution in [2.75, 3.05) is 33.9 Å². The lowest BCUT2D eigenvalue weighted by Gasteiger charge is -2.31. The molecular weight excluding hydrogens is 456 g/mol. The van der Waals surface area contributed by atoms with Crippen molar-refractivity contribution in [2.24, 2.45) is 5.92 Å². The molecule has 1 aliphatic heterocycles. The summed E-state index contributed by atoms with van der Waals surface area (Å²) in [6.07, 6.45) is 1.12. The van der Waals surface area contributed by atoms with Crippen LogP contribution >= 0.6 is 0 Å². The standard InChI is InChI=1S/C25H32N2O6S/c1-5-33-25(29)19-12-14-27(15-13-19)24(28)20-8-11-23(32-4)21(16-20)17-26(3)34(30,31)22-9-6-18(2)7-10-22/h6-11,16,19H,5,12-15,17H2,1-4H3. The van der Waals surface area contributed by atoms with Crippen LogP contribution in [0.4, 0.5) is 0 Å². The van der Waals surface area contributed by atoms with Crippen molar-refractivity contribution in [3.05, 3.63) is 59.2 Å². The molecule has 34 heavy (non-hydrogen) atoms. The van der Waals surface area contributed by atoms with Gasteiger partial charge in [-0.3, -0.25) is 9.59 Å². The van der Waals surface area contributed by atoms with Gasteiger partial charge < -0.3 is 14.4 Å². The molecule has 1 fully saturated rings. The van der Waals surface area contributed by atoms with Gasteiger partial charge in [0.2, 0.25) is 10.0 Å². The Kier molecular flexibility index (Phi) is 8.33. The zero-order valence-corrected chi connectivity index (χ0v) is 20.9. The van der Waals surface area contributed by atoms with Crippen molar-refractivity contribution in [1.29, 1.82) is 0 Å². The fraction of sp³-hybridized carbons (Fsp3) is 0.440. The smallest absolute Gasteiger partial charge is 0.309 e. The average molecular weight is 489 g/mol. The Labute approximate surface area is 201 Å². The molecule has 1 heterocycles. The van der Waals surface area contributed by atoms with E-state index in [4.69, 9.17) is 9.47 Å². The summed E-state index contributed by atoms with van der Waals surface area (Å²) in [5.74, 6) is -0.0472. The summed E-state index contributed by atoms with van der Waals surface area (Å²) in [4.78, 5) is 27.0. The molecule has 9 heteroatoms. The summed E-state index contributed by atoms with van der Waals surface area (Å²) in [5.41, 5.74) is 2.01. The molecule has 0 bridgehead atoms. The molecule has 0 unspecified atom stereocenters. The second-order valence-electron chi connectivity index (χ2n) is 8.42. The van der Waals surface area contributed by atoms with Gasteiger partial charge in [0.25, 0.3) is 5.91 Å². The molecule has 3 rings (SSSR count). The minimum absolute atomic E-state index is 0.0471. The van der Waals surface area contributed by atoms with Crippen LogP contribution in [0.1, 0.15) is 41.3 Å². The Hall–Kier alpha value is -2.91. The first kappa shape index (κ1) is 25.7. The predicted octanol–water partition coefficient (Wildman–Crippen LogP) is 3.24. The van der Waals surface area contributed by atoms with Crippen molar-refractivity contribution in [2.45, 2.75) is 38.1 Å². The van der Waals surface area contributed by atoms with Crippen LogP contribution in [0, 0.1) is 12.8 Å². The number of hydrogen-bond acceptors (Lipinski definition) is 6. The Morgan fingerprint density at radius 1 is 1.09 bits per heavy atom. The highest BCUT2D eigenvalue weighted by atomic mass is 32.2. The number of methoxy groups -OCH3 is 1. The van der Waals surface area contributed by atoms with Gasteiger partial charge >= 0.3 is 5.97 Å². The molecule has 0 atom stereocenters. The van der Waals surface area contributed by atoms with Gasteiger partial charge in [-0.15, -0.1) is 0 Å². The van der Waals surface area contributed by atoms with E-state index in [1.165, 1.54) is 18.5 Å². The highest BCUT2D eigenvalue weighted by Gasteiger charge is 2.29. The summed E-state index contributed by atoms with van der Waals surface area (Å²) < 4.78 is 37.8. The lowest BCUT2D eigenvalue weighted by Crippen LogP contribution is -2.40. The molecule has 184 valence electrons. The highest BCUT2D eigenvalue weighted by molar-refractivity contribution is 7.89. The van der Waals surface area contributed by atoms with Crippen LogP contribution in [0.3, 0.4) is 0 Å². The Morgan fingerprint density at radius 2 is 1.74 bits per heavy atom.